The summed E-state index contributed by atoms with van der Waals surface area (Å²) in [7, 11) is -1.44. The van der Waals surface area contributed by atoms with Crippen LogP contribution in [-0.2, 0) is 20.4 Å². The van der Waals surface area contributed by atoms with E-state index in [4.69, 9.17) is 5.11 Å². The maximum atomic E-state index is 12.0. The molecule has 19 heavy (non-hydrogen) atoms. The second-order valence-corrected chi connectivity index (χ2v) is 7.07. The fourth-order valence-corrected chi connectivity index (χ4v) is 3.38. The number of aliphatic carboxylic acids is 1. The zero-order chi connectivity index (χ0) is 14.4. The van der Waals surface area contributed by atoms with Crippen LogP contribution in [0.4, 0.5) is 0 Å². The van der Waals surface area contributed by atoms with Crippen molar-refractivity contribution in [2.75, 3.05) is 5.75 Å². The summed E-state index contributed by atoms with van der Waals surface area (Å²) < 4.78 is 11.9. The Hall–Kier alpha value is -0.910. The largest absolute Gasteiger partial charge is 0.481 e. The molecule has 0 bridgehead atoms. The second-order valence-electron chi connectivity index (χ2n) is 5.27. The van der Waals surface area contributed by atoms with Crippen molar-refractivity contribution in [3.63, 3.8) is 0 Å². The maximum Gasteiger partial charge on any atom is 0.307 e. The van der Waals surface area contributed by atoms with Crippen LogP contribution in [0.5, 0.6) is 0 Å². The fourth-order valence-electron chi connectivity index (χ4n) is 2.15. The van der Waals surface area contributed by atoms with E-state index in [1.807, 2.05) is 0 Å². The first-order valence-electron chi connectivity index (χ1n) is 6.82. The van der Waals surface area contributed by atoms with Gasteiger partial charge >= 0.3 is 5.97 Å². The summed E-state index contributed by atoms with van der Waals surface area (Å²) in [5.41, 5.74) is 0. The standard InChI is InChI=1S/C13H23NO4S/c1-9(13(16)17)8-19(18)10(2)12(15)14-11-6-4-3-5-7-11/h9-11H,3-8H2,1-2H3,(H,14,15)(H,16,17). The molecule has 2 N–H and O–H groups in total. The lowest BCUT2D eigenvalue weighted by molar-refractivity contribution is -0.140. The highest BCUT2D eigenvalue weighted by molar-refractivity contribution is 7.86. The van der Waals surface area contributed by atoms with Crippen LogP contribution < -0.4 is 5.32 Å². The molecule has 0 aromatic rings. The van der Waals surface area contributed by atoms with Crippen LogP contribution in [-0.4, -0.2) is 38.2 Å². The first-order valence-corrected chi connectivity index (χ1v) is 8.20. The van der Waals surface area contributed by atoms with Gasteiger partial charge < -0.3 is 10.4 Å². The Labute approximate surface area is 116 Å². The summed E-state index contributed by atoms with van der Waals surface area (Å²) in [4.78, 5) is 22.7. The molecule has 0 aliphatic heterocycles. The summed E-state index contributed by atoms with van der Waals surface area (Å²) in [6.07, 6.45) is 5.42. The molecule has 0 spiro atoms. The van der Waals surface area contributed by atoms with Gasteiger partial charge in [0.15, 0.2) is 0 Å². The van der Waals surface area contributed by atoms with Crippen molar-refractivity contribution in [2.24, 2.45) is 5.92 Å². The van der Waals surface area contributed by atoms with Gasteiger partial charge in [0.2, 0.25) is 5.91 Å². The van der Waals surface area contributed by atoms with Crippen molar-refractivity contribution in [1.29, 1.82) is 0 Å². The zero-order valence-electron chi connectivity index (χ0n) is 11.6. The molecular formula is C13H23NO4S. The van der Waals surface area contributed by atoms with E-state index in [1.165, 1.54) is 13.3 Å². The summed E-state index contributed by atoms with van der Waals surface area (Å²) in [6, 6.07) is 0.192. The molecule has 0 radical (unpaired) electrons. The van der Waals surface area contributed by atoms with E-state index in [9.17, 15) is 13.8 Å². The Kier molecular flexibility index (Phi) is 6.48. The van der Waals surface area contributed by atoms with Crippen LogP contribution in [0.3, 0.4) is 0 Å². The summed E-state index contributed by atoms with van der Waals surface area (Å²) in [5.74, 6) is -1.86. The van der Waals surface area contributed by atoms with E-state index < -0.39 is 27.9 Å². The molecule has 110 valence electrons. The molecule has 0 aromatic heterocycles. The van der Waals surface area contributed by atoms with E-state index in [1.54, 1.807) is 6.92 Å². The van der Waals surface area contributed by atoms with Crippen LogP contribution in [0.15, 0.2) is 0 Å². The van der Waals surface area contributed by atoms with Gasteiger partial charge in [-0.3, -0.25) is 13.8 Å². The third kappa shape index (κ3) is 5.30. The highest BCUT2D eigenvalue weighted by Gasteiger charge is 2.26. The number of hydrogen-bond donors (Lipinski definition) is 2. The van der Waals surface area contributed by atoms with Gasteiger partial charge in [-0.15, -0.1) is 0 Å². The molecule has 0 saturated heterocycles. The van der Waals surface area contributed by atoms with Gasteiger partial charge in [0, 0.05) is 22.6 Å². The minimum atomic E-state index is -1.44. The van der Waals surface area contributed by atoms with Crippen molar-refractivity contribution in [3.05, 3.63) is 0 Å². The SMILES string of the molecule is CC(CS(=O)C(C)C(=O)NC1CCCCC1)C(=O)O. The highest BCUT2D eigenvalue weighted by atomic mass is 32.2. The number of carboxylic acid groups (broad SMARTS) is 1. The molecule has 1 aliphatic carbocycles. The average Bonchev–Trinajstić information content (AvgIpc) is 2.38. The third-order valence-electron chi connectivity index (χ3n) is 3.55. The minimum absolute atomic E-state index is 0.0224. The van der Waals surface area contributed by atoms with E-state index in [0.29, 0.717) is 0 Å². The summed E-state index contributed by atoms with van der Waals surface area (Å²) >= 11 is 0. The Morgan fingerprint density at radius 3 is 2.37 bits per heavy atom. The van der Waals surface area contributed by atoms with Crippen molar-refractivity contribution < 1.29 is 18.9 Å². The van der Waals surface area contributed by atoms with E-state index in [2.05, 4.69) is 5.32 Å². The topological polar surface area (TPSA) is 83.5 Å². The quantitative estimate of drug-likeness (QED) is 0.772. The first-order chi connectivity index (χ1) is 8.91. The Morgan fingerprint density at radius 1 is 1.26 bits per heavy atom. The van der Waals surface area contributed by atoms with Crippen molar-refractivity contribution in [3.8, 4) is 0 Å². The Morgan fingerprint density at radius 2 is 1.84 bits per heavy atom. The number of hydrogen-bond acceptors (Lipinski definition) is 3. The number of carboxylic acids is 1. The monoisotopic (exact) mass is 289 g/mol. The molecule has 1 saturated carbocycles. The van der Waals surface area contributed by atoms with Gasteiger partial charge in [0.25, 0.3) is 0 Å². The molecule has 0 heterocycles. The zero-order valence-corrected chi connectivity index (χ0v) is 12.4. The lowest BCUT2D eigenvalue weighted by Crippen LogP contribution is -2.43. The molecule has 3 unspecified atom stereocenters. The predicted molar refractivity (Wildman–Crippen MR) is 74.3 cm³/mol. The second kappa shape index (κ2) is 7.62. The first kappa shape index (κ1) is 16.1. The van der Waals surface area contributed by atoms with Crippen LogP contribution in [0.1, 0.15) is 46.0 Å². The van der Waals surface area contributed by atoms with Crippen molar-refractivity contribution >= 4 is 22.7 Å². The molecule has 1 amide bonds. The van der Waals surface area contributed by atoms with Crippen LogP contribution in [0.25, 0.3) is 0 Å². The Balaban J connectivity index is 2.42. The fraction of sp³-hybridized carbons (Fsp3) is 0.846. The van der Waals surface area contributed by atoms with Gasteiger partial charge in [-0.2, -0.15) is 0 Å². The number of nitrogens with one attached hydrogen (secondary N) is 1. The Bertz CT molecular complexity index is 353. The van der Waals surface area contributed by atoms with Gasteiger partial charge in [-0.1, -0.05) is 26.2 Å². The lowest BCUT2D eigenvalue weighted by atomic mass is 9.95. The molecule has 0 aromatic carbocycles. The predicted octanol–water partition coefficient (Wildman–Crippen LogP) is 1.29. The number of amides is 1. The van der Waals surface area contributed by atoms with E-state index in [0.717, 1.165) is 25.7 Å². The highest BCUT2D eigenvalue weighted by Crippen LogP contribution is 2.17. The molecule has 1 fully saturated rings. The molecule has 1 aliphatic rings. The summed E-state index contributed by atoms with van der Waals surface area (Å²) in [6.45, 7) is 3.11. The van der Waals surface area contributed by atoms with Crippen molar-refractivity contribution in [2.45, 2.75) is 57.2 Å². The van der Waals surface area contributed by atoms with E-state index >= 15 is 0 Å². The van der Waals surface area contributed by atoms with Crippen LogP contribution in [0.2, 0.25) is 0 Å². The maximum absolute atomic E-state index is 12.0. The lowest BCUT2D eigenvalue weighted by Gasteiger charge is -2.24. The molecule has 1 rings (SSSR count). The van der Waals surface area contributed by atoms with E-state index in [-0.39, 0.29) is 17.7 Å². The van der Waals surface area contributed by atoms with Gasteiger partial charge in [0.05, 0.1) is 5.92 Å². The number of carbonyl (C=O) groups excluding carboxylic acids is 1. The van der Waals surface area contributed by atoms with Gasteiger partial charge in [0.1, 0.15) is 5.25 Å². The number of rotatable bonds is 6. The van der Waals surface area contributed by atoms with Crippen LogP contribution >= 0.6 is 0 Å². The molecule has 6 heteroatoms. The summed E-state index contributed by atoms with van der Waals surface area (Å²) in [5, 5.41) is 11.1. The van der Waals surface area contributed by atoms with Crippen LogP contribution in [0, 0.1) is 5.92 Å². The smallest absolute Gasteiger partial charge is 0.307 e. The molecular weight excluding hydrogens is 266 g/mol. The van der Waals surface area contributed by atoms with Crippen molar-refractivity contribution in [1.82, 2.24) is 5.32 Å². The van der Waals surface area contributed by atoms with Gasteiger partial charge in [-0.25, -0.2) is 0 Å². The number of carbonyl (C=O) groups is 2. The normalized spacial score (nSPS) is 21.4. The average molecular weight is 289 g/mol. The van der Waals surface area contributed by atoms with Gasteiger partial charge in [-0.05, 0) is 19.8 Å². The minimum Gasteiger partial charge on any atom is -0.481 e. The molecule has 5 nitrogen and oxygen atoms in total. The molecule has 3 atom stereocenters. The third-order valence-corrected chi connectivity index (χ3v) is 5.38.